The van der Waals surface area contributed by atoms with Gasteiger partial charge in [-0.25, -0.2) is 14.0 Å². The van der Waals surface area contributed by atoms with E-state index in [4.69, 9.17) is 18.9 Å². The van der Waals surface area contributed by atoms with Crippen LogP contribution in [0.5, 0.6) is 11.5 Å². The molecule has 0 aliphatic rings. The molecular weight excluding hydrogens is 523 g/mol. The van der Waals surface area contributed by atoms with Crippen molar-refractivity contribution in [3.8, 4) is 11.5 Å². The molecule has 6 nitrogen and oxygen atoms in total. The van der Waals surface area contributed by atoms with Crippen LogP contribution in [0.15, 0.2) is 42.5 Å². The first kappa shape index (κ1) is 32.2. The standard InChI is InChI=1S/C34H45FO6/c1-5-9-14-24(7-3)20-38-30(36)22-40-33-26-16-11-12-17-27(26)34(32-28(33)18-13-19-29(32)35)41-23-31(37)39-21-25(8-4)15-10-6-2/h11-13,16-19,24-25H,5-10,14-15,20-23H2,1-4H3. The van der Waals surface area contributed by atoms with Crippen LogP contribution in [-0.4, -0.2) is 38.4 Å². The third kappa shape index (κ3) is 9.07. The van der Waals surface area contributed by atoms with Crippen LogP contribution in [0.4, 0.5) is 4.39 Å². The Labute approximate surface area is 243 Å². The van der Waals surface area contributed by atoms with Crippen molar-refractivity contribution in [2.45, 2.75) is 79.1 Å². The number of benzene rings is 3. The molecule has 0 spiro atoms. The third-order valence-electron chi connectivity index (χ3n) is 7.62. The molecule has 224 valence electrons. The summed E-state index contributed by atoms with van der Waals surface area (Å²) in [6.45, 7) is 8.51. The number of hydrogen-bond donors (Lipinski definition) is 0. The Hall–Kier alpha value is -3.35. The van der Waals surface area contributed by atoms with Gasteiger partial charge in [-0.15, -0.1) is 0 Å². The largest absolute Gasteiger partial charge is 0.481 e. The first-order chi connectivity index (χ1) is 19.9. The van der Waals surface area contributed by atoms with Gasteiger partial charge in [0.15, 0.2) is 13.2 Å². The number of fused-ring (bicyclic) bond motifs is 2. The van der Waals surface area contributed by atoms with Crippen molar-refractivity contribution < 1.29 is 32.9 Å². The highest BCUT2D eigenvalue weighted by Gasteiger charge is 2.21. The van der Waals surface area contributed by atoms with E-state index in [0.29, 0.717) is 47.0 Å². The first-order valence-corrected chi connectivity index (χ1v) is 15.1. The van der Waals surface area contributed by atoms with Crippen molar-refractivity contribution in [1.29, 1.82) is 0 Å². The molecule has 0 saturated carbocycles. The van der Waals surface area contributed by atoms with Gasteiger partial charge in [0.25, 0.3) is 0 Å². The molecule has 0 aliphatic carbocycles. The molecule has 2 unspecified atom stereocenters. The van der Waals surface area contributed by atoms with Crippen LogP contribution < -0.4 is 9.47 Å². The molecule has 0 N–H and O–H groups in total. The molecule has 2 atom stereocenters. The normalized spacial score (nSPS) is 12.7. The van der Waals surface area contributed by atoms with E-state index in [2.05, 4.69) is 27.7 Å². The molecule has 0 heterocycles. The Bertz CT molecular complexity index is 1270. The number of unbranched alkanes of at least 4 members (excludes halogenated alkanes) is 2. The summed E-state index contributed by atoms with van der Waals surface area (Å²) in [5.41, 5.74) is 0. The Morgan fingerprint density at radius 1 is 0.683 bits per heavy atom. The summed E-state index contributed by atoms with van der Waals surface area (Å²) in [7, 11) is 0. The summed E-state index contributed by atoms with van der Waals surface area (Å²) in [6.07, 6.45) is 8.28. The average Bonchev–Trinajstić information content (AvgIpc) is 2.99. The quantitative estimate of drug-likeness (QED) is 0.113. The van der Waals surface area contributed by atoms with E-state index in [1.807, 2.05) is 12.1 Å². The van der Waals surface area contributed by atoms with Crippen LogP contribution in [0, 0.1) is 17.7 Å². The predicted octanol–water partition coefficient (Wildman–Crippen LogP) is 8.41. The Kier molecular flexibility index (Phi) is 13.2. The van der Waals surface area contributed by atoms with Crippen molar-refractivity contribution in [2.24, 2.45) is 11.8 Å². The van der Waals surface area contributed by atoms with Crippen LogP contribution in [-0.2, 0) is 19.1 Å². The second-order valence-corrected chi connectivity index (χ2v) is 10.6. The van der Waals surface area contributed by atoms with Gasteiger partial charge in [-0.05, 0) is 30.7 Å². The van der Waals surface area contributed by atoms with Crippen molar-refractivity contribution in [1.82, 2.24) is 0 Å². The Morgan fingerprint density at radius 2 is 1.17 bits per heavy atom. The SMILES string of the molecule is CCCCC(CC)COC(=O)COc1c2ccccc2c(OCC(=O)OCC(CC)CCCC)c2c(F)cccc12. The summed E-state index contributed by atoms with van der Waals surface area (Å²) >= 11 is 0. The maximum atomic E-state index is 15.3. The molecule has 3 rings (SSSR count). The zero-order chi connectivity index (χ0) is 29.6. The lowest BCUT2D eigenvalue weighted by atomic mass is 10.00. The van der Waals surface area contributed by atoms with E-state index in [9.17, 15) is 9.59 Å². The Balaban J connectivity index is 1.80. The first-order valence-electron chi connectivity index (χ1n) is 15.1. The number of carbonyl (C=O) groups excluding carboxylic acids is 2. The summed E-state index contributed by atoms with van der Waals surface area (Å²) in [6, 6.07) is 11.9. The fraction of sp³-hybridized carbons (Fsp3) is 0.529. The maximum Gasteiger partial charge on any atom is 0.344 e. The molecule has 0 aromatic heterocycles. The van der Waals surface area contributed by atoms with Crippen molar-refractivity contribution >= 4 is 33.5 Å². The van der Waals surface area contributed by atoms with Gasteiger partial charge in [0.1, 0.15) is 17.3 Å². The lowest BCUT2D eigenvalue weighted by Gasteiger charge is -2.19. The fourth-order valence-corrected chi connectivity index (χ4v) is 4.97. The molecule has 3 aromatic rings. The van der Waals surface area contributed by atoms with Gasteiger partial charge in [0, 0.05) is 16.2 Å². The number of carbonyl (C=O) groups is 2. The second kappa shape index (κ2) is 16.8. The van der Waals surface area contributed by atoms with E-state index in [1.54, 1.807) is 24.3 Å². The predicted molar refractivity (Wildman–Crippen MR) is 161 cm³/mol. The highest BCUT2D eigenvalue weighted by atomic mass is 19.1. The maximum absolute atomic E-state index is 15.3. The summed E-state index contributed by atoms with van der Waals surface area (Å²) in [4.78, 5) is 25.2. The molecule has 41 heavy (non-hydrogen) atoms. The number of esters is 2. The van der Waals surface area contributed by atoms with Gasteiger partial charge in [0.05, 0.1) is 18.6 Å². The van der Waals surface area contributed by atoms with Gasteiger partial charge in [0.2, 0.25) is 0 Å². The number of ether oxygens (including phenoxy) is 4. The third-order valence-corrected chi connectivity index (χ3v) is 7.62. The smallest absolute Gasteiger partial charge is 0.344 e. The highest BCUT2D eigenvalue weighted by Crippen LogP contribution is 2.43. The van der Waals surface area contributed by atoms with Crippen LogP contribution in [0.2, 0.25) is 0 Å². The van der Waals surface area contributed by atoms with Gasteiger partial charge in [-0.2, -0.15) is 0 Å². The minimum Gasteiger partial charge on any atom is -0.481 e. The molecule has 0 aliphatic heterocycles. The molecule has 3 aromatic carbocycles. The number of rotatable bonds is 18. The second-order valence-electron chi connectivity index (χ2n) is 10.6. The van der Waals surface area contributed by atoms with Gasteiger partial charge < -0.3 is 18.9 Å². The van der Waals surface area contributed by atoms with Crippen LogP contribution >= 0.6 is 0 Å². The van der Waals surface area contributed by atoms with E-state index >= 15 is 4.39 Å². The van der Waals surface area contributed by atoms with Gasteiger partial charge in [-0.3, -0.25) is 0 Å². The molecule has 0 amide bonds. The van der Waals surface area contributed by atoms with E-state index in [1.165, 1.54) is 6.07 Å². The van der Waals surface area contributed by atoms with E-state index in [-0.39, 0.29) is 24.3 Å². The van der Waals surface area contributed by atoms with Crippen LogP contribution in [0.3, 0.4) is 0 Å². The van der Waals surface area contributed by atoms with E-state index < -0.39 is 17.8 Å². The number of hydrogen-bond acceptors (Lipinski definition) is 6. The minimum atomic E-state index is -0.517. The summed E-state index contributed by atoms with van der Waals surface area (Å²) < 4.78 is 38.2. The van der Waals surface area contributed by atoms with Crippen molar-refractivity contribution in [2.75, 3.05) is 26.4 Å². The molecule has 0 bridgehead atoms. The zero-order valence-electron chi connectivity index (χ0n) is 25.0. The summed E-state index contributed by atoms with van der Waals surface area (Å²) in [5.74, 6) is -0.257. The van der Waals surface area contributed by atoms with Gasteiger partial charge in [-0.1, -0.05) is 103 Å². The lowest BCUT2D eigenvalue weighted by molar-refractivity contribution is -0.148. The highest BCUT2D eigenvalue weighted by molar-refractivity contribution is 6.11. The molecular formula is C34H45FO6. The Morgan fingerprint density at radius 3 is 1.68 bits per heavy atom. The van der Waals surface area contributed by atoms with Crippen LogP contribution in [0.1, 0.15) is 79.1 Å². The van der Waals surface area contributed by atoms with Crippen molar-refractivity contribution in [3.05, 3.63) is 48.3 Å². The minimum absolute atomic E-state index is 0.183. The van der Waals surface area contributed by atoms with Crippen LogP contribution in [0.25, 0.3) is 21.5 Å². The molecule has 0 radical (unpaired) electrons. The monoisotopic (exact) mass is 568 g/mol. The molecule has 0 saturated heterocycles. The zero-order valence-corrected chi connectivity index (χ0v) is 25.0. The number of halogens is 1. The lowest BCUT2D eigenvalue weighted by Crippen LogP contribution is -2.20. The fourth-order valence-electron chi connectivity index (χ4n) is 4.97. The topological polar surface area (TPSA) is 71.1 Å². The summed E-state index contributed by atoms with van der Waals surface area (Å²) in [5, 5.41) is 1.84. The molecule has 0 fully saturated rings. The molecule has 7 heteroatoms. The van der Waals surface area contributed by atoms with Gasteiger partial charge >= 0.3 is 11.9 Å². The van der Waals surface area contributed by atoms with E-state index in [0.717, 1.165) is 51.4 Å². The van der Waals surface area contributed by atoms with Crippen molar-refractivity contribution in [3.63, 3.8) is 0 Å². The average molecular weight is 569 g/mol.